The molecule has 0 aliphatic rings. The van der Waals surface area contributed by atoms with Gasteiger partial charge in [-0.05, 0) is 54.5 Å². The molecule has 0 atom stereocenters. The SMILES string of the molecule is CCOC(=O)/C=C/c1ccc(NC(=O)/C=C/c2ccc(F)cc2)cc1. The molecule has 128 valence electrons. The molecule has 4 nitrogen and oxygen atoms in total. The Bertz CT molecular complexity index is 778. The number of amides is 1. The van der Waals surface area contributed by atoms with Gasteiger partial charge < -0.3 is 10.1 Å². The molecule has 0 aromatic heterocycles. The number of rotatable bonds is 6. The molecule has 2 aromatic carbocycles. The van der Waals surface area contributed by atoms with Crippen molar-refractivity contribution in [2.75, 3.05) is 11.9 Å². The minimum atomic E-state index is -0.397. The molecule has 2 aromatic rings. The normalized spacial score (nSPS) is 11.0. The summed E-state index contributed by atoms with van der Waals surface area (Å²) in [6.07, 6.45) is 5.97. The molecular weight excluding hydrogens is 321 g/mol. The van der Waals surface area contributed by atoms with Gasteiger partial charge in [0, 0.05) is 17.8 Å². The fraction of sp³-hybridized carbons (Fsp3) is 0.100. The highest BCUT2D eigenvalue weighted by Crippen LogP contribution is 2.11. The molecule has 0 aliphatic heterocycles. The maximum absolute atomic E-state index is 12.8. The molecule has 25 heavy (non-hydrogen) atoms. The van der Waals surface area contributed by atoms with Crippen LogP contribution in [0.2, 0.25) is 0 Å². The Balaban J connectivity index is 1.90. The Morgan fingerprint density at radius 2 is 1.52 bits per heavy atom. The molecule has 0 spiro atoms. The van der Waals surface area contributed by atoms with Gasteiger partial charge in [0.05, 0.1) is 6.61 Å². The predicted octanol–water partition coefficient (Wildman–Crippen LogP) is 4.05. The van der Waals surface area contributed by atoms with Crippen molar-refractivity contribution in [3.63, 3.8) is 0 Å². The first kappa shape index (κ1) is 18.1. The number of carbonyl (C=O) groups excluding carboxylic acids is 2. The van der Waals surface area contributed by atoms with Crippen LogP contribution < -0.4 is 5.32 Å². The molecule has 0 unspecified atom stereocenters. The quantitative estimate of drug-likeness (QED) is 0.638. The van der Waals surface area contributed by atoms with E-state index in [0.29, 0.717) is 12.3 Å². The van der Waals surface area contributed by atoms with Gasteiger partial charge in [0.25, 0.3) is 0 Å². The molecule has 2 rings (SSSR count). The van der Waals surface area contributed by atoms with Gasteiger partial charge in [-0.1, -0.05) is 24.3 Å². The second-order valence-electron chi connectivity index (χ2n) is 5.08. The number of carbonyl (C=O) groups is 2. The van der Waals surface area contributed by atoms with E-state index in [4.69, 9.17) is 4.74 Å². The van der Waals surface area contributed by atoms with Crippen LogP contribution in [-0.4, -0.2) is 18.5 Å². The fourth-order valence-electron chi connectivity index (χ4n) is 1.96. The average molecular weight is 339 g/mol. The third-order valence-electron chi connectivity index (χ3n) is 3.17. The van der Waals surface area contributed by atoms with E-state index in [2.05, 4.69) is 5.32 Å². The van der Waals surface area contributed by atoms with Gasteiger partial charge in [-0.15, -0.1) is 0 Å². The van der Waals surface area contributed by atoms with Crippen LogP contribution in [0.15, 0.2) is 60.7 Å². The van der Waals surface area contributed by atoms with Crippen molar-refractivity contribution in [3.05, 3.63) is 77.6 Å². The maximum atomic E-state index is 12.8. The van der Waals surface area contributed by atoms with Crippen LogP contribution in [0, 0.1) is 5.82 Å². The molecule has 0 heterocycles. The summed E-state index contributed by atoms with van der Waals surface area (Å²) in [5.74, 6) is -1.01. The van der Waals surface area contributed by atoms with E-state index >= 15 is 0 Å². The van der Waals surface area contributed by atoms with E-state index in [0.717, 1.165) is 11.1 Å². The summed E-state index contributed by atoms with van der Waals surface area (Å²) in [5.41, 5.74) is 2.17. The van der Waals surface area contributed by atoms with Gasteiger partial charge in [0.2, 0.25) is 5.91 Å². The number of ether oxygens (including phenoxy) is 1. The second-order valence-corrected chi connectivity index (χ2v) is 5.08. The van der Waals surface area contributed by atoms with Crippen molar-refractivity contribution in [3.8, 4) is 0 Å². The molecular formula is C20H18FNO3. The molecule has 0 saturated heterocycles. The fourth-order valence-corrected chi connectivity index (χ4v) is 1.96. The average Bonchev–Trinajstić information content (AvgIpc) is 2.61. The van der Waals surface area contributed by atoms with Crippen LogP contribution in [0.5, 0.6) is 0 Å². The van der Waals surface area contributed by atoms with Gasteiger partial charge in [0.15, 0.2) is 0 Å². The number of hydrogen-bond acceptors (Lipinski definition) is 3. The van der Waals surface area contributed by atoms with Gasteiger partial charge in [-0.2, -0.15) is 0 Å². The van der Waals surface area contributed by atoms with Crippen LogP contribution >= 0.6 is 0 Å². The van der Waals surface area contributed by atoms with Crippen LogP contribution in [0.3, 0.4) is 0 Å². The molecule has 0 bridgehead atoms. The van der Waals surface area contributed by atoms with Gasteiger partial charge >= 0.3 is 5.97 Å². The zero-order valence-electron chi connectivity index (χ0n) is 13.7. The highest BCUT2D eigenvalue weighted by atomic mass is 19.1. The summed E-state index contributed by atoms with van der Waals surface area (Å²) < 4.78 is 17.6. The predicted molar refractivity (Wildman–Crippen MR) is 96.2 cm³/mol. The van der Waals surface area contributed by atoms with Crippen LogP contribution in [0.1, 0.15) is 18.1 Å². The Hall–Kier alpha value is -3.21. The number of benzene rings is 2. The summed E-state index contributed by atoms with van der Waals surface area (Å²) in [6.45, 7) is 2.08. The third-order valence-corrected chi connectivity index (χ3v) is 3.17. The van der Waals surface area contributed by atoms with Crippen molar-refractivity contribution < 1.29 is 18.7 Å². The first-order valence-electron chi connectivity index (χ1n) is 7.76. The first-order chi connectivity index (χ1) is 12.1. The summed E-state index contributed by atoms with van der Waals surface area (Å²) in [4.78, 5) is 23.1. The van der Waals surface area contributed by atoms with E-state index in [9.17, 15) is 14.0 Å². The molecule has 0 saturated carbocycles. The van der Waals surface area contributed by atoms with E-state index in [1.54, 1.807) is 55.5 Å². The van der Waals surface area contributed by atoms with Crippen LogP contribution in [-0.2, 0) is 14.3 Å². The highest BCUT2D eigenvalue weighted by Gasteiger charge is 1.99. The number of anilines is 1. The van der Waals surface area contributed by atoms with Gasteiger partial charge in [-0.25, -0.2) is 9.18 Å². The summed E-state index contributed by atoms with van der Waals surface area (Å²) in [5, 5.41) is 2.72. The van der Waals surface area contributed by atoms with E-state index < -0.39 is 5.97 Å². The van der Waals surface area contributed by atoms with Gasteiger partial charge in [0.1, 0.15) is 5.82 Å². The molecule has 5 heteroatoms. The van der Waals surface area contributed by atoms with Gasteiger partial charge in [-0.3, -0.25) is 4.79 Å². The number of halogens is 1. The molecule has 1 amide bonds. The maximum Gasteiger partial charge on any atom is 0.330 e. The minimum absolute atomic E-state index is 0.292. The summed E-state index contributed by atoms with van der Waals surface area (Å²) >= 11 is 0. The van der Waals surface area contributed by atoms with Crippen molar-refractivity contribution in [1.29, 1.82) is 0 Å². The Morgan fingerprint density at radius 3 is 2.12 bits per heavy atom. The van der Waals surface area contributed by atoms with Crippen LogP contribution in [0.4, 0.5) is 10.1 Å². The van der Waals surface area contributed by atoms with Crippen molar-refractivity contribution in [2.45, 2.75) is 6.92 Å². The number of esters is 1. The summed E-state index contributed by atoms with van der Waals surface area (Å²) in [7, 11) is 0. The zero-order chi connectivity index (χ0) is 18.1. The van der Waals surface area contributed by atoms with E-state index in [1.165, 1.54) is 24.3 Å². The molecule has 0 aliphatic carbocycles. The second kappa shape index (κ2) is 9.17. The Kier molecular flexibility index (Phi) is 6.65. The number of hydrogen-bond donors (Lipinski definition) is 1. The smallest absolute Gasteiger partial charge is 0.330 e. The van der Waals surface area contributed by atoms with Crippen molar-refractivity contribution >= 4 is 29.7 Å². The lowest BCUT2D eigenvalue weighted by Crippen LogP contribution is -2.07. The third kappa shape index (κ3) is 6.43. The lowest BCUT2D eigenvalue weighted by atomic mass is 10.2. The number of nitrogens with one attached hydrogen (secondary N) is 1. The first-order valence-corrected chi connectivity index (χ1v) is 7.76. The zero-order valence-corrected chi connectivity index (χ0v) is 13.7. The van der Waals surface area contributed by atoms with E-state index in [-0.39, 0.29) is 11.7 Å². The monoisotopic (exact) mass is 339 g/mol. The highest BCUT2D eigenvalue weighted by molar-refractivity contribution is 6.02. The van der Waals surface area contributed by atoms with E-state index in [1.807, 2.05) is 0 Å². The standard InChI is InChI=1S/C20H18FNO3/c1-2-25-20(24)14-8-16-5-11-18(12-6-16)22-19(23)13-7-15-3-9-17(21)10-4-15/h3-14H,2H2,1H3,(H,22,23)/b13-7+,14-8+. The van der Waals surface area contributed by atoms with Crippen molar-refractivity contribution in [1.82, 2.24) is 0 Å². The minimum Gasteiger partial charge on any atom is -0.463 e. The van der Waals surface area contributed by atoms with Crippen LogP contribution in [0.25, 0.3) is 12.2 Å². The summed E-state index contributed by atoms with van der Waals surface area (Å²) in [6, 6.07) is 12.8. The van der Waals surface area contributed by atoms with Crippen molar-refractivity contribution in [2.24, 2.45) is 0 Å². The Morgan fingerprint density at radius 1 is 0.960 bits per heavy atom. The Labute approximate surface area is 145 Å². The largest absolute Gasteiger partial charge is 0.463 e. The molecule has 0 radical (unpaired) electrons. The lowest BCUT2D eigenvalue weighted by Gasteiger charge is -2.02. The topological polar surface area (TPSA) is 55.4 Å². The lowest BCUT2D eigenvalue weighted by molar-refractivity contribution is -0.137. The molecule has 0 fully saturated rings. The molecule has 1 N–H and O–H groups in total.